The van der Waals surface area contributed by atoms with E-state index in [-0.39, 0.29) is 24.0 Å². The molecule has 1 aromatic rings. The third-order valence-corrected chi connectivity index (χ3v) is 4.92. The maximum absolute atomic E-state index is 12.1. The molecule has 1 aromatic heterocycles. The molecule has 1 unspecified atom stereocenters. The van der Waals surface area contributed by atoms with Crippen molar-refractivity contribution in [3.63, 3.8) is 0 Å². The second-order valence-electron chi connectivity index (χ2n) is 5.78. The normalized spacial score (nSPS) is 21.1. The van der Waals surface area contributed by atoms with Crippen molar-refractivity contribution in [3.05, 3.63) is 17.1 Å². The summed E-state index contributed by atoms with van der Waals surface area (Å²) in [6.45, 7) is 1.81. The van der Waals surface area contributed by atoms with E-state index in [2.05, 4.69) is 16.2 Å². The first-order chi connectivity index (χ1) is 11.1. The zero-order valence-electron chi connectivity index (χ0n) is 13.0. The van der Waals surface area contributed by atoms with Gasteiger partial charge in [0, 0.05) is 32.9 Å². The fourth-order valence-corrected chi connectivity index (χ4v) is 3.16. The SMILES string of the molecule is CN(C(=O)C#CC1CCCCO1)C1CN(C(=O)c2ccns2)C1. The van der Waals surface area contributed by atoms with Crippen molar-refractivity contribution in [1.82, 2.24) is 14.2 Å². The lowest BCUT2D eigenvalue weighted by molar-refractivity contribution is -0.128. The molecule has 2 aliphatic rings. The maximum atomic E-state index is 12.1. The minimum atomic E-state index is -0.214. The predicted molar refractivity (Wildman–Crippen MR) is 85.9 cm³/mol. The Labute approximate surface area is 139 Å². The first kappa shape index (κ1) is 16.0. The van der Waals surface area contributed by atoms with Crippen LogP contribution in [0.15, 0.2) is 12.3 Å². The summed E-state index contributed by atoms with van der Waals surface area (Å²) in [5.74, 6) is 5.35. The van der Waals surface area contributed by atoms with Gasteiger partial charge in [-0.3, -0.25) is 9.59 Å². The van der Waals surface area contributed by atoms with E-state index in [9.17, 15) is 9.59 Å². The molecule has 2 fully saturated rings. The molecule has 2 aliphatic heterocycles. The molecule has 2 amide bonds. The first-order valence-corrected chi connectivity index (χ1v) is 8.52. The van der Waals surface area contributed by atoms with Crippen LogP contribution in [0.5, 0.6) is 0 Å². The standard InChI is InChI=1S/C16H19N3O3S/c1-18(15(20)6-5-13-4-2-3-9-22-13)12-10-19(11-12)16(21)14-7-8-17-23-14/h7-8,12-13H,2-4,9-11H2,1H3. The van der Waals surface area contributed by atoms with Crippen molar-refractivity contribution in [2.45, 2.75) is 31.4 Å². The Morgan fingerprint density at radius 3 is 2.91 bits per heavy atom. The minimum absolute atomic E-state index is 0.0220. The lowest BCUT2D eigenvalue weighted by Crippen LogP contribution is -2.61. The number of amides is 2. The fourth-order valence-electron chi connectivity index (χ4n) is 2.60. The summed E-state index contributed by atoms with van der Waals surface area (Å²) in [5.41, 5.74) is 0. The Hall–Kier alpha value is -1.91. The van der Waals surface area contributed by atoms with Crippen molar-refractivity contribution in [3.8, 4) is 11.8 Å². The summed E-state index contributed by atoms with van der Waals surface area (Å²) >= 11 is 1.19. The van der Waals surface area contributed by atoms with Gasteiger partial charge in [0.1, 0.15) is 11.0 Å². The van der Waals surface area contributed by atoms with E-state index in [0.29, 0.717) is 18.0 Å². The van der Waals surface area contributed by atoms with E-state index in [1.807, 2.05) is 0 Å². The summed E-state index contributed by atoms with van der Waals surface area (Å²) in [7, 11) is 1.73. The molecule has 3 rings (SSSR count). The Balaban J connectivity index is 1.48. The van der Waals surface area contributed by atoms with E-state index in [1.165, 1.54) is 11.5 Å². The first-order valence-electron chi connectivity index (χ1n) is 7.75. The minimum Gasteiger partial charge on any atom is -0.366 e. The third kappa shape index (κ3) is 3.71. The van der Waals surface area contributed by atoms with Gasteiger partial charge in [-0.25, -0.2) is 4.37 Å². The lowest BCUT2D eigenvalue weighted by Gasteiger charge is -2.43. The number of ether oxygens (including phenoxy) is 1. The molecule has 0 aliphatic carbocycles. The van der Waals surface area contributed by atoms with Crippen LogP contribution in [0.4, 0.5) is 0 Å². The second kappa shape index (κ2) is 7.11. The largest absolute Gasteiger partial charge is 0.366 e. The average molecular weight is 333 g/mol. The molecule has 3 heterocycles. The van der Waals surface area contributed by atoms with Gasteiger partial charge in [0.05, 0.1) is 6.04 Å². The third-order valence-electron chi connectivity index (χ3n) is 4.19. The number of hydrogen-bond donors (Lipinski definition) is 0. The summed E-state index contributed by atoms with van der Waals surface area (Å²) in [5, 5.41) is 0. The molecule has 6 nitrogen and oxygen atoms in total. The molecular formula is C16H19N3O3S. The summed E-state index contributed by atoms with van der Waals surface area (Å²) < 4.78 is 9.43. The van der Waals surface area contributed by atoms with Crippen LogP contribution in [0, 0.1) is 11.8 Å². The molecule has 1 atom stereocenters. The van der Waals surface area contributed by atoms with Gasteiger partial charge >= 0.3 is 0 Å². The number of rotatable bonds is 2. The highest BCUT2D eigenvalue weighted by Crippen LogP contribution is 2.19. The Bertz CT molecular complexity index is 623. The van der Waals surface area contributed by atoms with E-state index in [1.54, 1.807) is 29.1 Å². The molecule has 122 valence electrons. The molecule has 7 heteroatoms. The van der Waals surface area contributed by atoms with Gasteiger partial charge in [-0.15, -0.1) is 0 Å². The van der Waals surface area contributed by atoms with Crippen LogP contribution in [-0.2, 0) is 9.53 Å². The molecule has 0 bridgehead atoms. The number of likely N-dealkylation sites (N-methyl/N-ethyl adjacent to an activating group) is 1. The van der Waals surface area contributed by atoms with Gasteiger partial charge in [-0.1, -0.05) is 5.92 Å². The summed E-state index contributed by atoms with van der Waals surface area (Å²) in [4.78, 5) is 28.2. The zero-order chi connectivity index (χ0) is 16.2. The lowest BCUT2D eigenvalue weighted by atomic mass is 10.1. The van der Waals surface area contributed by atoms with E-state index in [4.69, 9.17) is 4.74 Å². The average Bonchev–Trinajstić information content (AvgIpc) is 3.06. The zero-order valence-corrected chi connectivity index (χ0v) is 13.8. The van der Waals surface area contributed by atoms with Crippen molar-refractivity contribution >= 4 is 23.3 Å². The van der Waals surface area contributed by atoms with Crippen LogP contribution in [-0.4, -0.2) is 64.9 Å². The summed E-state index contributed by atoms with van der Waals surface area (Å²) in [6.07, 6.45) is 4.56. The van der Waals surface area contributed by atoms with Crippen LogP contribution in [0.2, 0.25) is 0 Å². The highest BCUT2D eigenvalue weighted by atomic mass is 32.1. The predicted octanol–water partition coefficient (Wildman–Crippen LogP) is 0.998. The Kier molecular flexibility index (Phi) is 4.94. The van der Waals surface area contributed by atoms with Gasteiger partial charge in [0.25, 0.3) is 11.8 Å². The monoisotopic (exact) mass is 333 g/mol. The van der Waals surface area contributed by atoms with E-state index in [0.717, 1.165) is 25.9 Å². The quantitative estimate of drug-likeness (QED) is 0.758. The highest BCUT2D eigenvalue weighted by molar-refractivity contribution is 7.08. The number of carbonyl (C=O) groups is 2. The van der Waals surface area contributed by atoms with E-state index >= 15 is 0 Å². The van der Waals surface area contributed by atoms with Crippen LogP contribution in [0.3, 0.4) is 0 Å². The molecule has 0 aromatic carbocycles. The smallest absolute Gasteiger partial charge is 0.298 e. The molecule has 23 heavy (non-hydrogen) atoms. The van der Waals surface area contributed by atoms with Crippen molar-refractivity contribution in [1.29, 1.82) is 0 Å². The Morgan fingerprint density at radius 1 is 1.43 bits per heavy atom. The number of nitrogens with zero attached hydrogens (tertiary/aromatic N) is 3. The molecule has 2 saturated heterocycles. The molecule has 0 saturated carbocycles. The van der Waals surface area contributed by atoms with E-state index < -0.39 is 0 Å². The topological polar surface area (TPSA) is 62.7 Å². The van der Waals surface area contributed by atoms with Crippen molar-refractivity contribution < 1.29 is 14.3 Å². The number of aromatic nitrogens is 1. The maximum Gasteiger partial charge on any atom is 0.298 e. The van der Waals surface area contributed by atoms with Crippen LogP contribution < -0.4 is 0 Å². The van der Waals surface area contributed by atoms with Crippen LogP contribution >= 0.6 is 11.5 Å². The van der Waals surface area contributed by atoms with Gasteiger partial charge in [-0.2, -0.15) is 0 Å². The van der Waals surface area contributed by atoms with Crippen molar-refractivity contribution in [2.24, 2.45) is 0 Å². The number of carbonyl (C=O) groups excluding carboxylic acids is 2. The molecule has 0 radical (unpaired) electrons. The fraction of sp³-hybridized carbons (Fsp3) is 0.562. The van der Waals surface area contributed by atoms with Gasteiger partial charge in [0.2, 0.25) is 0 Å². The summed E-state index contributed by atoms with van der Waals surface area (Å²) in [6, 6.07) is 1.74. The molecular weight excluding hydrogens is 314 g/mol. The van der Waals surface area contributed by atoms with Gasteiger partial charge < -0.3 is 14.5 Å². The highest BCUT2D eigenvalue weighted by Gasteiger charge is 2.35. The molecule has 0 spiro atoms. The van der Waals surface area contributed by atoms with Crippen LogP contribution in [0.25, 0.3) is 0 Å². The van der Waals surface area contributed by atoms with Gasteiger partial charge in [-0.05, 0) is 42.8 Å². The number of hydrogen-bond acceptors (Lipinski definition) is 5. The number of likely N-dealkylation sites (tertiary alicyclic amines) is 1. The second-order valence-corrected chi connectivity index (χ2v) is 6.61. The molecule has 0 N–H and O–H groups in total. The van der Waals surface area contributed by atoms with Crippen LogP contribution in [0.1, 0.15) is 28.9 Å². The van der Waals surface area contributed by atoms with Gasteiger partial charge in [0.15, 0.2) is 0 Å². The Morgan fingerprint density at radius 2 is 2.26 bits per heavy atom. The van der Waals surface area contributed by atoms with Crippen molar-refractivity contribution in [2.75, 3.05) is 26.7 Å².